The Labute approximate surface area is 235 Å². The van der Waals surface area contributed by atoms with E-state index in [1.54, 1.807) is 0 Å². The highest BCUT2D eigenvalue weighted by Crippen LogP contribution is 2.43. The van der Waals surface area contributed by atoms with Gasteiger partial charge < -0.3 is 4.90 Å². The molecule has 0 bridgehead atoms. The Morgan fingerprint density at radius 2 is 0.789 bits per heavy atom. The fraction of sp³-hybridized carbons (Fsp3) is 0.514. The van der Waals surface area contributed by atoms with E-state index in [0.29, 0.717) is 0 Å². The lowest BCUT2D eigenvalue weighted by molar-refractivity contribution is 0.0499. The zero-order chi connectivity index (χ0) is 29.5. The molecule has 1 nitrogen and oxygen atoms in total. The minimum atomic E-state index is -0.261. The predicted octanol–water partition coefficient (Wildman–Crippen LogP) is 10.4. The highest BCUT2D eigenvalue weighted by atomic mass is 15.3. The van der Waals surface area contributed by atoms with Gasteiger partial charge in [-0.2, -0.15) is 0 Å². The third-order valence-electron chi connectivity index (χ3n) is 7.11. The summed E-state index contributed by atoms with van der Waals surface area (Å²) >= 11 is 0. The van der Waals surface area contributed by atoms with Gasteiger partial charge >= 0.3 is 0 Å². The lowest BCUT2D eigenvalue weighted by Gasteiger charge is -2.51. The number of benzene rings is 2. The molecule has 1 heteroatoms. The molecule has 0 atom stereocenters. The van der Waals surface area contributed by atoms with Crippen LogP contribution < -0.4 is 0 Å². The molecule has 0 aromatic heterocycles. The first-order chi connectivity index (χ1) is 17.3. The van der Waals surface area contributed by atoms with Gasteiger partial charge in [0, 0.05) is 0 Å². The average Bonchev–Trinajstić information content (AvgIpc) is 2.81. The average molecular weight is 512 g/mol. The molecule has 0 saturated carbocycles. The second-order valence-electron chi connectivity index (χ2n) is 13.4. The van der Waals surface area contributed by atoms with Crippen LogP contribution in [0.15, 0.2) is 71.3 Å². The fourth-order valence-corrected chi connectivity index (χ4v) is 4.82. The van der Waals surface area contributed by atoms with E-state index in [1.165, 1.54) is 22.3 Å². The van der Waals surface area contributed by atoms with Crippen LogP contribution in [0.2, 0.25) is 0 Å². The monoisotopic (exact) mass is 511 g/mol. The summed E-state index contributed by atoms with van der Waals surface area (Å²) in [6.45, 7) is 32.8. The van der Waals surface area contributed by atoms with Crippen LogP contribution in [-0.2, 0) is 21.9 Å². The highest BCUT2D eigenvalue weighted by Gasteiger charge is 2.40. The topological polar surface area (TPSA) is 3.24 Å². The molecular formula is C37H53N. The van der Waals surface area contributed by atoms with E-state index in [9.17, 15) is 0 Å². The standard InChI is InChI=1S/C33H47N.C4H6/c1-24(2)14-15-25(3)34(32(10,11)28-20-16-26(17-21-28)30(4,5)6)33(12,13)29-22-18-27(19-23-29)31(7,8)9;1-3-4-2/h16-23H,1-13H3;1-2H3. The minimum absolute atomic E-state index is 0.137. The van der Waals surface area contributed by atoms with Gasteiger partial charge in [0.15, 0.2) is 0 Å². The molecule has 0 aliphatic carbocycles. The first-order valence-corrected chi connectivity index (χ1v) is 13.8. The molecule has 0 radical (unpaired) electrons. The van der Waals surface area contributed by atoms with Gasteiger partial charge in [-0.1, -0.05) is 95.8 Å². The highest BCUT2D eigenvalue weighted by molar-refractivity contribution is 5.36. The van der Waals surface area contributed by atoms with Crippen LogP contribution in [0.1, 0.15) is 126 Å². The van der Waals surface area contributed by atoms with Crippen molar-refractivity contribution in [3.8, 4) is 11.8 Å². The molecule has 0 unspecified atom stereocenters. The van der Waals surface area contributed by atoms with Gasteiger partial charge in [-0.15, -0.1) is 11.8 Å². The third-order valence-corrected chi connectivity index (χ3v) is 7.11. The van der Waals surface area contributed by atoms with Crippen LogP contribution in [-0.4, -0.2) is 4.90 Å². The number of hydrogen-bond acceptors (Lipinski definition) is 1. The van der Waals surface area contributed by atoms with Crippen LogP contribution in [0.3, 0.4) is 0 Å². The maximum atomic E-state index is 3.46. The van der Waals surface area contributed by atoms with Gasteiger partial charge in [0.2, 0.25) is 0 Å². The lowest BCUT2D eigenvalue weighted by Crippen LogP contribution is -2.50. The molecule has 206 valence electrons. The van der Waals surface area contributed by atoms with Gasteiger partial charge in [-0.25, -0.2) is 0 Å². The normalized spacial score (nSPS) is 11.7. The van der Waals surface area contributed by atoms with E-state index in [-0.39, 0.29) is 21.9 Å². The molecule has 0 aliphatic rings. The van der Waals surface area contributed by atoms with Crippen molar-refractivity contribution >= 4 is 0 Å². The molecule has 0 heterocycles. The quantitative estimate of drug-likeness (QED) is 0.285. The molecule has 0 spiro atoms. The van der Waals surface area contributed by atoms with Crippen LogP contribution in [0.25, 0.3) is 0 Å². The fourth-order valence-electron chi connectivity index (χ4n) is 4.82. The molecule has 38 heavy (non-hydrogen) atoms. The Bertz CT molecular complexity index is 1130. The minimum Gasteiger partial charge on any atom is -0.350 e. The first kappa shape index (κ1) is 33.1. The molecular weight excluding hydrogens is 458 g/mol. The Balaban J connectivity index is 0.00000168. The first-order valence-electron chi connectivity index (χ1n) is 13.8. The summed E-state index contributed by atoms with van der Waals surface area (Å²) in [5.74, 6) is 5.36. The Kier molecular flexibility index (Phi) is 11.1. The zero-order valence-electron chi connectivity index (χ0n) is 27.1. The summed E-state index contributed by atoms with van der Waals surface area (Å²) < 4.78 is 0. The summed E-state index contributed by atoms with van der Waals surface area (Å²) in [6, 6.07) is 18.3. The Morgan fingerprint density at radius 1 is 0.500 bits per heavy atom. The van der Waals surface area contributed by atoms with Crippen molar-refractivity contribution in [1.82, 2.24) is 4.90 Å². The maximum absolute atomic E-state index is 3.46. The molecule has 0 N–H and O–H groups in total. The largest absolute Gasteiger partial charge is 0.350 e. The second-order valence-corrected chi connectivity index (χ2v) is 13.4. The Morgan fingerprint density at radius 3 is 1.03 bits per heavy atom. The van der Waals surface area contributed by atoms with E-state index < -0.39 is 0 Å². The molecule has 2 aromatic carbocycles. The van der Waals surface area contributed by atoms with Crippen LogP contribution in [0, 0.1) is 11.8 Å². The van der Waals surface area contributed by atoms with Crippen LogP contribution in [0.4, 0.5) is 0 Å². The smallest absolute Gasteiger partial charge is 0.0630 e. The van der Waals surface area contributed by atoms with E-state index in [4.69, 9.17) is 0 Å². The number of hydrogen-bond donors (Lipinski definition) is 0. The molecule has 0 fully saturated rings. The molecule has 0 saturated heterocycles. The Hall–Kier alpha value is -2.90. The predicted molar refractivity (Wildman–Crippen MR) is 168 cm³/mol. The SMILES string of the molecule is CC#CC.CC(C)=C=C=C(C)N(C(C)(C)c1ccc(C(C)(C)C)cc1)C(C)(C)c1ccc(C(C)(C)C)cc1. The molecule has 0 aliphatic heterocycles. The summed E-state index contributed by atoms with van der Waals surface area (Å²) in [6.07, 6.45) is 0. The maximum Gasteiger partial charge on any atom is 0.0630 e. The van der Waals surface area contributed by atoms with Crippen LogP contribution in [0.5, 0.6) is 0 Å². The zero-order valence-corrected chi connectivity index (χ0v) is 27.1. The van der Waals surface area contributed by atoms with Crippen molar-refractivity contribution in [3.05, 3.63) is 93.5 Å². The molecule has 2 rings (SSSR count). The third kappa shape index (κ3) is 8.57. The van der Waals surface area contributed by atoms with Gasteiger partial charge in [-0.3, -0.25) is 0 Å². The summed E-state index contributed by atoms with van der Waals surface area (Å²) in [5.41, 5.74) is 14.0. The lowest BCUT2D eigenvalue weighted by atomic mass is 9.80. The van der Waals surface area contributed by atoms with E-state index in [2.05, 4.69) is 167 Å². The van der Waals surface area contributed by atoms with Gasteiger partial charge in [-0.05, 0) is 107 Å². The number of rotatable bonds is 5. The van der Waals surface area contributed by atoms with Crippen molar-refractivity contribution < 1.29 is 0 Å². The van der Waals surface area contributed by atoms with Crippen molar-refractivity contribution in [1.29, 1.82) is 0 Å². The van der Waals surface area contributed by atoms with E-state index in [1.807, 2.05) is 13.8 Å². The van der Waals surface area contributed by atoms with Gasteiger partial charge in [0.05, 0.1) is 16.8 Å². The summed E-state index contributed by atoms with van der Waals surface area (Å²) in [5, 5.41) is 0. The van der Waals surface area contributed by atoms with Crippen molar-refractivity contribution in [2.45, 2.75) is 126 Å². The summed E-state index contributed by atoms with van der Waals surface area (Å²) in [7, 11) is 0. The number of nitrogens with zero attached hydrogens (tertiary/aromatic N) is 1. The second kappa shape index (κ2) is 12.8. The van der Waals surface area contributed by atoms with E-state index in [0.717, 1.165) is 11.3 Å². The number of allylic oxidation sites excluding steroid dienone is 2. The van der Waals surface area contributed by atoms with Crippen molar-refractivity contribution in [3.63, 3.8) is 0 Å². The molecule has 0 amide bonds. The van der Waals surface area contributed by atoms with Gasteiger partial charge in [0.1, 0.15) is 0 Å². The van der Waals surface area contributed by atoms with Crippen molar-refractivity contribution in [2.75, 3.05) is 0 Å². The van der Waals surface area contributed by atoms with Crippen LogP contribution >= 0.6 is 0 Å². The van der Waals surface area contributed by atoms with E-state index >= 15 is 0 Å². The van der Waals surface area contributed by atoms with Gasteiger partial charge in [0.25, 0.3) is 0 Å². The molecule has 2 aromatic rings. The van der Waals surface area contributed by atoms with Crippen molar-refractivity contribution in [2.24, 2.45) is 0 Å². The summed E-state index contributed by atoms with van der Waals surface area (Å²) in [4.78, 5) is 2.51.